The average Bonchev–Trinajstić information content (AvgIpc) is 3.20. The molecule has 0 aliphatic rings. The Labute approximate surface area is 164 Å². The zero-order valence-corrected chi connectivity index (χ0v) is 16.3. The van der Waals surface area contributed by atoms with Gasteiger partial charge in [0.05, 0.1) is 12.8 Å². The number of halogens is 4. The summed E-state index contributed by atoms with van der Waals surface area (Å²) in [5.74, 6) is 1.31. The zero-order valence-electron chi connectivity index (χ0n) is 13.2. The van der Waals surface area contributed by atoms with Gasteiger partial charge in [-0.2, -0.15) is 13.2 Å². The lowest BCUT2D eigenvalue weighted by Crippen LogP contribution is -2.38. The fourth-order valence-corrected chi connectivity index (χ4v) is 2.49. The number of thiazole rings is 1. The standard InChI is InChI=1S/C15H17F3N4OS.HI/c1-2-6-19-14(20-7-5-11-4-3-8-23-11)21-9-13-22-12(10-24-13)15(16,17)18;/h2-4,8,10H,1,5-7,9H2,(H2,19,20,21);1H. The van der Waals surface area contributed by atoms with Gasteiger partial charge in [0.25, 0.3) is 0 Å². The zero-order chi connectivity index (χ0) is 17.4. The molecule has 0 fully saturated rings. The van der Waals surface area contributed by atoms with Crippen molar-refractivity contribution in [2.75, 3.05) is 13.1 Å². The Morgan fingerprint density at radius 1 is 1.40 bits per heavy atom. The van der Waals surface area contributed by atoms with Gasteiger partial charge in [-0.25, -0.2) is 9.98 Å². The third-order valence-electron chi connectivity index (χ3n) is 2.87. The second-order valence-electron chi connectivity index (χ2n) is 4.71. The molecule has 0 aromatic carbocycles. The van der Waals surface area contributed by atoms with Crippen LogP contribution in [0.3, 0.4) is 0 Å². The SMILES string of the molecule is C=CCNC(=NCc1nc(C(F)(F)F)cs1)NCCc1ccco1.I. The van der Waals surface area contributed by atoms with Crippen molar-refractivity contribution in [2.24, 2.45) is 4.99 Å². The Morgan fingerprint density at radius 2 is 2.20 bits per heavy atom. The van der Waals surface area contributed by atoms with Crippen LogP contribution in [0.1, 0.15) is 16.5 Å². The summed E-state index contributed by atoms with van der Waals surface area (Å²) in [5, 5.41) is 7.38. The summed E-state index contributed by atoms with van der Waals surface area (Å²) in [7, 11) is 0. The highest BCUT2D eigenvalue weighted by Crippen LogP contribution is 2.30. The minimum atomic E-state index is -4.43. The van der Waals surface area contributed by atoms with Gasteiger partial charge >= 0.3 is 6.18 Å². The molecule has 0 unspecified atom stereocenters. The van der Waals surface area contributed by atoms with Gasteiger partial charge in [-0.1, -0.05) is 6.08 Å². The number of hydrogen-bond donors (Lipinski definition) is 2. The van der Waals surface area contributed by atoms with E-state index in [9.17, 15) is 13.2 Å². The smallest absolute Gasteiger partial charge is 0.434 e. The molecular weight excluding hydrogens is 468 g/mol. The predicted molar refractivity (Wildman–Crippen MR) is 102 cm³/mol. The Kier molecular flexibility index (Phi) is 8.97. The maximum Gasteiger partial charge on any atom is 0.434 e. The van der Waals surface area contributed by atoms with Crippen molar-refractivity contribution in [1.29, 1.82) is 0 Å². The largest absolute Gasteiger partial charge is 0.469 e. The molecule has 0 radical (unpaired) electrons. The molecule has 0 amide bonds. The molecule has 2 N–H and O–H groups in total. The maximum atomic E-state index is 12.5. The highest BCUT2D eigenvalue weighted by Gasteiger charge is 2.33. The highest BCUT2D eigenvalue weighted by atomic mass is 127. The Bertz CT molecular complexity index is 671. The van der Waals surface area contributed by atoms with Gasteiger partial charge in [-0.05, 0) is 12.1 Å². The van der Waals surface area contributed by atoms with E-state index in [-0.39, 0.29) is 30.5 Å². The molecule has 0 bridgehead atoms. The minimum absolute atomic E-state index is 0. The molecule has 2 rings (SSSR count). The number of alkyl halides is 3. The lowest BCUT2D eigenvalue weighted by Gasteiger charge is -2.10. The molecule has 0 spiro atoms. The first-order chi connectivity index (χ1) is 11.5. The molecular formula is C15H18F3IN4OS. The normalized spacial score (nSPS) is 11.7. The van der Waals surface area contributed by atoms with E-state index >= 15 is 0 Å². The van der Waals surface area contributed by atoms with E-state index in [1.165, 1.54) is 0 Å². The number of furan rings is 1. The topological polar surface area (TPSA) is 62.5 Å². The number of nitrogens with zero attached hydrogens (tertiary/aromatic N) is 2. The molecule has 5 nitrogen and oxygen atoms in total. The maximum absolute atomic E-state index is 12.5. The van der Waals surface area contributed by atoms with Crippen LogP contribution in [0.4, 0.5) is 13.2 Å². The Hall–Kier alpha value is -1.56. The van der Waals surface area contributed by atoms with Gasteiger partial charge in [-0.15, -0.1) is 41.9 Å². The van der Waals surface area contributed by atoms with Crippen LogP contribution in [0.25, 0.3) is 0 Å². The van der Waals surface area contributed by atoms with Crippen molar-refractivity contribution in [3.8, 4) is 0 Å². The van der Waals surface area contributed by atoms with E-state index in [0.29, 0.717) is 30.5 Å². The van der Waals surface area contributed by atoms with Crippen molar-refractivity contribution in [3.63, 3.8) is 0 Å². The number of rotatable bonds is 7. The molecule has 0 atom stereocenters. The van der Waals surface area contributed by atoms with E-state index in [1.807, 2.05) is 6.07 Å². The van der Waals surface area contributed by atoms with Gasteiger partial charge in [-0.3, -0.25) is 0 Å². The third kappa shape index (κ3) is 7.46. The summed E-state index contributed by atoms with van der Waals surface area (Å²) in [6, 6.07) is 3.67. The van der Waals surface area contributed by atoms with Crippen LogP contribution >= 0.6 is 35.3 Å². The van der Waals surface area contributed by atoms with Crippen LogP contribution in [0.5, 0.6) is 0 Å². The average molecular weight is 486 g/mol. The fraction of sp³-hybridized carbons (Fsp3) is 0.333. The van der Waals surface area contributed by atoms with Gasteiger partial charge in [0, 0.05) is 24.9 Å². The third-order valence-corrected chi connectivity index (χ3v) is 3.71. The van der Waals surface area contributed by atoms with Crippen LogP contribution < -0.4 is 10.6 Å². The first-order valence-corrected chi connectivity index (χ1v) is 8.04. The molecule has 2 aromatic heterocycles. The monoisotopic (exact) mass is 486 g/mol. The van der Waals surface area contributed by atoms with Gasteiger partial charge in [0.1, 0.15) is 10.8 Å². The van der Waals surface area contributed by atoms with E-state index in [1.54, 1.807) is 18.4 Å². The van der Waals surface area contributed by atoms with Crippen LogP contribution in [0, 0.1) is 0 Å². The van der Waals surface area contributed by atoms with Crippen molar-refractivity contribution >= 4 is 41.3 Å². The summed E-state index contributed by atoms with van der Waals surface area (Å²) in [4.78, 5) is 7.79. The summed E-state index contributed by atoms with van der Waals surface area (Å²) < 4.78 is 42.8. The molecule has 138 valence electrons. The van der Waals surface area contributed by atoms with Crippen molar-refractivity contribution in [3.05, 3.63) is 52.9 Å². The second kappa shape index (κ2) is 10.4. The van der Waals surface area contributed by atoms with Crippen LogP contribution in [0.15, 0.2) is 45.8 Å². The Balaban J connectivity index is 0.00000312. The number of aliphatic imine (C=N–C) groups is 1. The molecule has 25 heavy (non-hydrogen) atoms. The predicted octanol–water partition coefficient (Wildman–Crippen LogP) is 3.84. The first kappa shape index (κ1) is 21.5. The van der Waals surface area contributed by atoms with Crippen molar-refractivity contribution < 1.29 is 17.6 Å². The van der Waals surface area contributed by atoms with Gasteiger partial charge in [0.15, 0.2) is 11.7 Å². The van der Waals surface area contributed by atoms with E-state index in [2.05, 4.69) is 27.2 Å². The minimum Gasteiger partial charge on any atom is -0.469 e. The van der Waals surface area contributed by atoms with E-state index in [0.717, 1.165) is 22.5 Å². The lowest BCUT2D eigenvalue weighted by molar-refractivity contribution is -0.140. The summed E-state index contributed by atoms with van der Waals surface area (Å²) >= 11 is 0.935. The fourth-order valence-electron chi connectivity index (χ4n) is 1.76. The van der Waals surface area contributed by atoms with Crippen LogP contribution in [-0.4, -0.2) is 24.0 Å². The molecule has 0 saturated heterocycles. The number of aromatic nitrogens is 1. The molecule has 10 heteroatoms. The summed E-state index contributed by atoms with van der Waals surface area (Å²) in [6.45, 7) is 4.73. The van der Waals surface area contributed by atoms with Gasteiger partial charge < -0.3 is 15.1 Å². The number of hydrogen-bond acceptors (Lipinski definition) is 4. The molecule has 2 aromatic rings. The van der Waals surface area contributed by atoms with Crippen molar-refractivity contribution in [2.45, 2.75) is 19.1 Å². The van der Waals surface area contributed by atoms with Crippen LogP contribution in [0.2, 0.25) is 0 Å². The lowest BCUT2D eigenvalue weighted by atomic mass is 10.3. The van der Waals surface area contributed by atoms with Crippen LogP contribution in [-0.2, 0) is 19.1 Å². The Morgan fingerprint density at radius 3 is 2.80 bits per heavy atom. The number of guanidine groups is 1. The molecule has 0 aliphatic heterocycles. The summed E-state index contributed by atoms with van der Waals surface area (Å²) in [5.41, 5.74) is -0.885. The number of nitrogens with one attached hydrogen (secondary N) is 2. The van der Waals surface area contributed by atoms with Gasteiger partial charge in [0.2, 0.25) is 0 Å². The van der Waals surface area contributed by atoms with Crippen molar-refractivity contribution in [1.82, 2.24) is 15.6 Å². The highest BCUT2D eigenvalue weighted by molar-refractivity contribution is 14.0. The second-order valence-corrected chi connectivity index (χ2v) is 5.66. The molecule has 0 aliphatic carbocycles. The summed E-state index contributed by atoms with van der Waals surface area (Å²) in [6.07, 6.45) is -0.503. The quantitative estimate of drug-likeness (QED) is 0.270. The van der Waals surface area contributed by atoms with E-state index in [4.69, 9.17) is 4.42 Å². The van der Waals surface area contributed by atoms with E-state index < -0.39 is 11.9 Å². The molecule has 0 saturated carbocycles. The molecule has 2 heterocycles. The first-order valence-electron chi connectivity index (χ1n) is 7.16.